The molecule has 2 bridgehead atoms. The van der Waals surface area contributed by atoms with Crippen LogP contribution in [0.5, 0.6) is 0 Å². The van der Waals surface area contributed by atoms with Crippen LogP contribution in [0.1, 0.15) is 33.1 Å². The summed E-state index contributed by atoms with van der Waals surface area (Å²) in [7, 11) is 0. The minimum absolute atomic E-state index is 0.0119. The maximum atomic E-state index is 12.6. The highest BCUT2D eigenvalue weighted by Gasteiger charge is 2.65. The number of ketones is 1. The number of Topliss-reactive ketones (excluding diaryl/α,β-unsaturated/α-hetero) is 1. The van der Waals surface area contributed by atoms with Gasteiger partial charge in [0.1, 0.15) is 18.5 Å². The second-order valence-electron chi connectivity index (χ2n) is 6.05. The van der Waals surface area contributed by atoms with Crippen molar-refractivity contribution in [1.29, 1.82) is 10.5 Å². The van der Waals surface area contributed by atoms with E-state index in [1.807, 2.05) is 26.0 Å². The van der Waals surface area contributed by atoms with Gasteiger partial charge in [-0.05, 0) is 25.2 Å². The van der Waals surface area contributed by atoms with Crippen LogP contribution in [0, 0.1) is 39.4 Å². The fourth-order valence-corrected chi connectivity index (χ4v) is 3.63. The molecule has 0 aromatic carbocycles. The van der Waals surface area contributed by atoms with Crippen molar-refractivity contribution in [1.82, 2.24) is 4.90 Å². The molecule has 0 aromatic heterocycles. The molecule has 0 aliphatic heterocycles. The number of rotatable bonds is 3. The number of amides is 1. The average molecular weight is 259 g/mol. The van der Waals surface area contributed by atoms with Gasteiger partial charge in [0.2, 0.25) is 5.91 Å². The fourth-order valence-electron chi connectivity index (χ4n) is 3.63. The number of nitriles is 2. The Morgan fingerprint density at radius 1 is 1.37 bits per heavy atom. The van der Waals surface area contributed by atoms with Crippen molar-refractivity contribution in [2.75, 3.05) is 13.1 Å². The zero-order valence-corrected chi connectivity index (χ0v) is 11.3. The van der Waals surface area contributed by atoms with Crippen LogP contribution in [-0.4, -0.2) is 29.7 Å². The van der Waals surface area contributed by atoms with Crippen molar-refractivity contribution in [3.8, 4) is 12.1 Å². The highest BCUT2D eigenvalue weighted by Crippen LogP contribution is 2.60. The molecule has 2 aliphatic carbocycles. The Bertz CT molecular complexity index is 496. The highest BCUT2D eigenvalue weighted by atomic mass is 16.2. The maximum Gasteiger partial charge on any atom is 0.238 e. The SMILES string of the molecule is CC1(C)C(=O)C2(C(=O)N(CC#N)CC#N)CCC1C2. The van der Waals surface area contributed by atoms with Crippen LogP contribution < -0.4 is 0 Å². The van der Waals surface area contributed by atoms with Gasteiger partial charge in [0.15, 0.2) is 5.78 Å². The number of fused-ring (bicyclic) bond motifs is 2. The van der Waals surface area contributed by atoms with Crippen molar-refractivity contribution in [3.05, 3.63) is 0 Å². The summed E-state index contributed by atoms with van der Waals surface area (Å²) in [6.45, 7) is 3.53. The molecule has 0 radical (unpaired) electrons. The molecule has 5 nitrogen and oxygen atoms in total. The summed E-state index contributed by atoms with van der Waals surface area (Å²) in [5, 5.41) is 17.5. The third-order valence-corrected chi connectivity index (χ3v) is 4.77. The van der Waals surface area contributed by atoms with Crippen molar-refractivity contribution in [2.24, 2.45) is 16.7 Å². The summed E-state index contributed by atoms with van der Waals surface area (Å²) < 4.78 is 0. The van der Waals surface area contributed by atoms with Gasteiger partial charge in [-0.2, -0.15) is 10.5 Å². The molecule has 0 spiro atoms. The maximum absolute atomic E-state index is 12.6. The molecule has 2 atom stereocenters. The third-order valence-electron chi connectivity index (χ3n) is 4.77. The summed E-state index contributed by atoms with van der Waals surface area (Å²) in [6, 6.07) is 3.78. The molecule has 2 aliphatic rings. The van der Waals surface area contributed by atoms with E-state index in [1.54, 1.807) is 0 Å². The van der Waals surface area contributed by atoms with Crippen LogP contribution in [-0.2, 0) is 9.59 Å². The lowest BCUT2D eigenvalue weighted by molar-refractivity contribution is -0.150. The monoisotopic (exact) mass is 259 g/mol. The Morgan fingerprint density at radius 2 is 1.95 bits per heavy atom. The lowest BCUT2D eigenvalue weighted by atomic mass is 9.70. The minimum Gasteiger partial charge on any atom is -0.315 e. The normalized spacial score (nSPS) is 30.7. The molecule has 0 saturated heterocycles. The predicted molar refractivity (Wildman–Crippen MR) is 66.4 cm³/mol. The van der Waals surface area contributed by atoms with Gasteiger partial charge in [0.25, 0.3) is 0 Å². The lowest BCUT2D eigenvalue weighted by Gasteiger charge is -2.34. The van der Waals surface area contributed by atoms with E-state index in [1.165, 1.54) is 4.90 Å². The van der Waals surface area contributed by atoms with Crippen molar-refractivity contribution >= 4 is 11.7 Å². The van der Waals surface area contributed by atoms with Crippen molar-refractivity contribution in [2.45, 2.75) is 33.1 Å². The summed E-state index contributed by atoms with van der Waals surface area (Å²) in [4.78, 5) is 26.4. The minimum atomic E-state index is -0.970. The summed E-state index contributed by atoms with van der Waals surface area (Å²) in [5.41, 5.74) is -1.43. The average Bonchev–Trinajstić information content (AvgIpc) is 2.89. The fraction of sp³-hybridized carbons (Fsp3) is 0.714. The molecule has 2 rings (SSSR count). The zero-order chi connectivity index (χ0) is 14.3. The molecule has 100 valence electrons. The summed E-state index contributed by atoms with van der Waals surface area (Å²) >= 11 is 0. The summed E-state index contributed by atoms with van der Waals surface area (Å²) in [6.07, 6.45) is 2.01. The first-order chi connectivity index (χ1) is 8.90. The second kappa shape index (κ2) is 4.35. The van der Waals surface area contributed by atoms with E-state index in [4.69, 9.17) is 10.5 Å². The third kappa shape index (κ3) is 1.73. The molecule has 19 heavy (non-hydrogen) atoms. The first kappa shape index (κ1) is 13.5. The number of carbonyl (C=O) groups excluding carboxylic acids is 2. The molecular weight excluding hydrogens is 242 g/mol. The second-order valence-corrected chi connectivity index (χ2v) is 6.05. The van der Waals surface area contributed by atoms with Crippen LogP contribution in [0.3, 0.4) is 0 Å². The van der Waals surface area contributed by atoms with Gasteiger partial charge in [-0.1, -0.05) is 13.8 Å². The molecular formula is C14H17N3O2. The molecule has 0 heterocycles. The molecule has 5 heteroatoms. The van der Waals surface area contributed by atoms with Crippen LogP contribution in [0.4, 0.5) is 0 Å². The van der Waals surface area contributed by atoms with E-state index in [2.05, 4.69) is 0 Å². The van der Waals surface area contributed by atoms with Gasteiger partial charge in [-0.25, -0.2) is 0 Å². The smallest absolute Gasteiger partial charge is 0.238 e. The number of hydrogen-bond acceptors (Lipinski definition) is 4. The van der Waals surface area contributed by atoms with Crippen molar-refractivity contribution in [3.63, 3.8) is 0 Å². The molecule has 0 N–H and O–H groups in total. The van der Waals surface area contributed by atoms with E-state index >= 15 is 0 Å². The van der Waals surface area contributed by atoms with Crippen molar-refractivity contribution < 1.29 is 9.59 Å². The molecule has 0 aromatic rings. The highest BCUT2D eigenvalue weighted by molar-refractivity contribution is 6.10. The largest absolute Gasteiger partial charge is 0.315 e. The zero-order valence-electron chi connectivity index (χ0n) is 11.3. The molecule has 2 unspecified atom stereocenters. The van der Waals surface area contributed by atoms with E-state index in [0.717, 1.165) is 6.42 Å². The Kier molecular flexibility index (Phi) is 3.10. The van der Waals surface area contributed by atoms with Gasteiger partial charge in [0.05, 0.1) is 12.1 Å². The van der Waals surface area contributed by atoms with Gasteiger partial charge in [-0.15, -0.1) is 0 Å². The van der Waals surface area contributed by atoms with Gasteiger partial charge < -0.3 is 4.90 Å². The standard InChI is InChI=1S/C14H17N3O2/c1-13(2)10-3-4-14(9-10,11(13)18)12(19)17(7-5-15)8-6-16/h10H,3-4,7-9H2,1-2H3. The van der Waals surface area contributed by atoms with Gasteiger partial charge >= 0.3 is 0 Å². The number of nitrogens with zero attached hydrogens (tertiary/aromatic N) is 3. The number of hydrogen-bond donors (Lipinski definition) is 0. The Labute approximate surface area is 112 Å². The quantitative estimate of drug-likeness (QED) is 0.564. The van der Waals surface area contributed by atoms with E-state index in [0.29, 0.717) is 12.8 Å². The van der Waals surface area contributed by atoms with Crippen LogP contribution in [0.15, 0.2) is 0 Å². The Morgan fingerprint density at radius 3 is 2.37 bits per heavy atom. The van der Waals surface area contributed by atoms with E-state index in [-0.39, 0.29) is 30.7 Å². The number of carbonyl (C=O) groups is 2. The van der Waals surface area contributed by atoms with E-state index < -0.39 is 10.8 Å². The predicted octanol–water partition coefficient (Wildman–Crippen LogP) is 1.26. The summed E-state index contributed by atoms with van der Waals surface area (Å²) in [5.74, 6) is -0.0919. The first-order valence-corrected chi connectivity index (χ1v) is 6.48. The Hall–Kier alpha value is -1.88. The van der Waals surface area contributed by atoms with E-state index in [9.17, 15) is 9.59 Å². The molecule has 1 amide bonds. The van der Waals surface area contributed by atoms with Crippen LogP contribution in [0.2, 0.25) is 0 Å². The Balaban J connectivity index is 2.31. The van der Waals surface area contributed by atoms with Gasteiger partial charge in [0, 0.05) is 5.41 Å². The van der Waals surface area contributed by atoms with Crippen LogP contribution in [0.25, 0.3) is 0 Å². The lowest BCUT2D eigenvalue weighted by Crippen LogP contribution is -2.49. The molecule has 2 fully saturated rings. The molecule has 2 saturated carbocycles. The topological polar surface area (TPSA) is 85.0 Å². The van der Waals surface area contributed by atoms with Gasteiger partial charge in [-0.3, -0.25) is 9.59 Å². The first-order valence-electron chi connectivity index (χ1n) is 6.48. The van der Waals surface area contributed by atoms with Crippen LogP contribution >= 0.6 is 0 Å².